The predicted octanol–water partition coefficient (Wildman–Crippen LogP) is 3.40. The molecule has 2 rings (SSSR count). The van der Waals surface area contributed by atoms with E-state index in [2.05, 4.69) is 0 Å². The van der Waals surface area contributed by atoms with Gasteiger partial charge in [0.05, 0.1) is 14.2 Å². The molecule has 20 heavy (non-hydrogen) atoms. The lowest BCUT2D eigenvalue weighted by atomic mass is 9.97. The van der Waals surface area contributed by atoms with Gasteiger partial charge in [-0.05, 0) is 38.1 Å². The maximum atomic E-state index is 10.7. The molecule has 106 valence electrons. The first-order valence-electron chi connectivity index (χ1n) is 6.54. The lowest BCUT2D eigenvalue weighted by Crippen LogP contribution is -2.05. The molecule has 3 heteroatoms. The van der Waals surface area contributed by atoms with Gasteiger partial charge in [-0.1, -0.05) is 23.3 Å². The Hall–Kier alpha value is -2.00. The van der Waals surface area contributed by atoms with Crippen molar-refractivity contribution in [2.75, 3.05) is 14.2 Å². The monoisotopic (exact) mass is 272 g/mol. The molecule has 2 aromatic carbocycles. The first-order chi connectivity index (χ1) is 9.56. The molecule has 0 radical (unpaired) electrons. The van der Waals surface area contributed by atoms with Crippen LogP contribution < -0.4 is 9.47 Å². The molecule has 0 aromatic heterocycles. The smallest absolute Gasteiger partial charge is 0.125 e. The van der Waals surface area contributed by atoms with Crippen LogP contribution in [0.1, 0.15) is 28.4 Å². The van der Waals surface area contributed by atoms with Crippen LogP contribution in [-0.2, 0) is 0 Å². The minimum Gasteiger partial charge on any atom is -0.496 e. The third kappa shape index (κ3) is 2.78. The Labute approximate surface area is 119 Å². The van der Waals surface area contributed by atoms with Gasteiger partial charge in [0.25, 0.3) is 0 Å². The topological polar surface area (TPSA) is 38.7 Å². The van der Waals surface area contributed by atoms with Gasteiger partial charge in [-0.3, -0.25) is 0 Å². The number of aliphatic hydroxyl groups is 1. The number of benzene rings is 2. The van der Waals surface area contributed by atoms with E-state index in [1.807, 2.05) is 50.2 Å². The van der Waals surface area contributed by atoms with Gasteiger partial charge < -0.3 is 14.6 Å². The van der Waals surface area contributed by atoms with Crippen molar-refractivity contribution in [1.29, 1.82) is 0 Å². The normalized spacial score (nSPS) is 10.7. The van der Waals surface area contributed by atoms with E-state index >= 15 is 0 Å². The van der Waals surface area contributed by atoms with Crippen molar-refractivity contribution >= 4 is 0 Å². The fourth-order valence-electron chi connectivity index (χ4n) is 2.30. The van der Waals surface area contributed by atoms with E-state index in [0.29, 0.717) is 11.5 Å². The van der Waals surface area contributed by atoms with Gasteiger partial charge in [-0.15, -0.1) is 0 Å². The minimum absolute atomic E-state index is 0.673. The highest BCUT2D eigenvalue weighted by atomic mass is 16.5. The molecule has 0 heterocycles. The third-order valence-corrected chi connectivity index (χ3v) is 3.36. The van der Waals surface area contributed by atoms with Crippen molar-refractivity contribution in [2.24, 2.45) is 0 Å². The molecule has 0 unspecified atom stereocenters. The summed E-state index contributed by atoms with van der Waals surface area (Å²) < 4.78 is 10.7. The van der Waals surface area contributed by atoms with Gasteiger partial charge in [0.2, 0.25) is 0 Å². The Kier molecular flexibility index (Phi) is 4.30. The zero-order valence-corrected chi connectivity index (χ0v) is 12.3. The standard InChI is InChI=1S/C17H20O3/c1-11-5-7-15(19-3)13(9-11)17(18)14-10-12(2)6-8-16(14)20-4/h5-10,17-18H,1-4H3. The van der Waals surface area contributed by atoms with Crippen LogP contribution in [0.4, 0.5) is 0 Å². The zero-order chi connectivity index (χ0) is 14.7. The summed E-state index contributed by atoms with van der Waals surface area (Å²) in [6, 6.07) is 11.5. The number of aliphatic hydroxyl groups excluding tert-OH is 1. The van der Waals surface area contributed by atoms with Crippen LogP contribution >= 0.6 is 0 Å². The first-order valence-corrected chi connectivity index (χ1v) is 6.54. The Morgan fingerprint density at radius 2 is 1.20 bits per heavy atom. The molecule has 3 nitrogen and oxygen atoms in total. The Balaban J connectivity index is 2.53. The molecule has 0 aliphatic rings. The molecule has 1 N–H and O–H groups in total. The van der Waals surface area contributed by atoms with E-state index < -0.39 is 6.10 Å². The summed E-state index contributed by atoms with van der Waals surface area (Å²) in [6.45, 7) is 3.98. The summed E-state index contributed by atoms with van der Waals surface area (Å²) in [4.78, 5) is 0. The zero-order valence-electron chi connectivity index (χ0n) is 12.3. The molecule has 0 aliphatic carbocycles. The predicted molar refractivity (Wildman–Crippen MR) is 79.5 cm³/mol. The second-order valence-electron chi connectivity index (χ2n) is 4.89. The van der Waals surface area contributed by atoms with E-state index in [-0.39, 0.29) is 0 Å². The summed E-state index contributed by atoms with van der Waals surface area (Å²) >= 11 is 0. The van der Waals surface area contributed by atoms with Gasteiger partial charge in [0.15, 0.2) is 0 Å². The highest BCUT2D eigenvalue weighted by Crippen LogP contribution is 2.35. The molecular weight excluding hydrogens is 252 g/mol. The van der Waals surface area contributed by atoms with E-state index in [1.54, 1.807) is 14.2 Å². The second kappa shape index (κ2) is 5.97. The highest BCUT2D eigenvalue weighted by Gasteiger charge is 2.19. The van der Waals surface area contributed by atoms with Crippen LogP contribution in [0.25, 0.3) is 0 Å². The van der Waals surface area contributed by atoms with E-state index in [9.17, 15) is 5.11 Å². The van der Waals surface area contributed by atoms with E-state index in [0.717, 1.165) is 22.3 Å². The summed E-state index contributed by atoms with van der Waals surface area (Å²) in [6.07, 6.45) is -0.778. The molecule has 0 bridgehead atoms. The van der Waals surface area contributed by atoms with Gasteiger partial charge in [-0.2, -0.15) is 0 Å². The van der Waals surface area contributed by atoms with Crippen molar-refractivity contribution in [1.82, 2.24) is 0 Å². The molecule has 0 amide bonds. The van der Waals surface area contributed by atoms with Crippen LogP contribution in [0.15, 0.2) is 36.4 Å². The van der Waals surface area contributed by atoms with Crippen molar-refractivity contribution < 1.29 is 14.6 Å². The van der Waals surface area contributed by atoms with Crippen LogP contribution in [0.2, 0.25) is 0 Å². The fraction of sp³-hybridized carbons (Fsp3) is 0.294. The van der Waals surface area contributed by atoms with Gasteiger partial charge in [-0.25, -0.2) is 0 Å². The number of hydrogen-bond acceptors (Lipinski definition) is 3. The summed E-state index contributed by atoms with van der Waals surface area (Å²) in [5, 5.41) is 10.7. The van der Waals surface area contributed by atoms with Crippen LogP contribution in [-0.4, -0.2) is 19.3 Å². The van der Waals surface area contributed by atoms with Crippen LogP contribution in [0.5, 0.6) is 11.5 Å². The van der Waals surface area contributed by atoms with Crippen molar-refractivity contribution in [3.8, 4) is 11.5 Å². The first kappa shape index (κ1) is 14.4. The second-order valence-corrected chi connectivity index (χ2v) is 4.89. The van der Waals surface area contributed by atoms with Gasteiger partial charge in [0.1, 0.15) is 17.6 Å². The molecule has 2 aromatic rings. The van der Waals surface area contributed by atoms with Gasteiger partial charge in [0, 0.05) is 11.1 Å². The fourth-order valence-corrected chi connectivity index (χ4v) is 2.30. The van der Waals surface area contributed by atoms with Crippen molar-refractivity contribution in [3.05, 3.63) is 58.7 Å². The van der Waals surface area contributed by atoms with Crippen molar-refractivity contribution in [2.45, 2.75) is 20.0 Å². The summed E-state index contributed by atoms with van der Waals surface area (Å²) in [5.41, 5.74) is 3.64. The van der Waals surface area contributed by atoms with Gasteiger partial charge >= 0.3 is 0 Å². The number of hydrogen-bond donors (Lipinski definition) is 1. The third-order valence-electron chi connectivity index (χ3n) is 3.36. The minimum atomic E-state index is -0.778. The Morgan fingerprint density at radius 1 is 0.800 bits per heavy atom. The molecule has 0 saturated carbocycles. The molecule has 0 atom stereocenters. The molecule has 0 saturated heterocycles. The van der Waals surface area contributed by atoms with E-state index in [4.69, 9.17) is 9.47 Å². The average molecular weight is 272 g/mol. The lowest BCUT2D eigenvalue weighted by molar-refractivity contribution is 0.209. The maximum Gasteiger partial charge on any atom is 0.125 e. The SMILES string of the molecule is COc1ccc(C)cc1C(O)c1cc(C)ccc1OC. The number of aryl methyl sites for hydroxylation is 2. The molecule has 0 aliphatic heterocycles. The quantitative estimate of drug-likeness (QED) is 0.927. The van der Waals surface area contributed by atoms with Crippen molar-refractivity contribution in [3.63, 3.8) is 0 Å². The maximum absolute atomic E-state index is 10.7. The summed E-state index contributed by atoms with van der Waals surface area (Å²) in [5.74, 6) is 1.35. The molecule has 0 fully saturated rings. The van der Waals surface area contributed by atoms with E-state index in [1.165, 1.54) is 0 Å². The van der Waals surface area contributed by atoms with Crippen LogP contribution in [0, 0.1) is 13.8 Å². The Bertz CT molecular complexity index is 552. The lowest BCUT2D eigenvalue weighted by Gasteiger charge is -2.18. The molecule has 0 spiro atoms. The number of methoxy groups -OCH3 is 2. The van der Waals surface area contributed by atoms with Crippen LogP contribution in [0.3, 0.4) is 0 Å². The largest absolute Gasteiger partial charge is 0.496 e. The summed E-state index contributed by atoms with van der Waals surface area (Å²) in [7, 11) is 3.21. The Morgan fingerprint density at radius 3 is 1.55 bits per heavy atom. The average Bonchev–Trinajstić information content (AvgIpc) is 2.46. The molecular formula is C17H20O3. The number of ether oxygens (including phenoxy) is 2. The number of rotatable bonds is 4. The highest BCUT2D eigenvalue weighted by molar-refractivity contribution is 5.47.